The lowest BCUT2D eigenvalue weighted by Crippen LogP contribution is -2.34. The van der Waals surface area contributed by atoms with Gasteiger partial charge < -0.3 is 5.32 Å². The molecule has 0 spiro atoms. The summed E-state index contributed by atoms with van der Waals surface area (Å²) in [6.45, 7) is 7.12. The Balaban J connectivity index is 3.16. The molecule has 0 aliphatic rings. The first-order chi connectivity index (χ1) is 9.85. The van der Waals surface area contributed by atoms with Crippen LogP contribution in [-0.2, 0) is 16.6 Å². The van der Waals surface area contributed by atoms with E-state index < -0.39 is 10.0 Å². The molecule has 2 N–H and O–H groups in total. The van der Waals surface area contributed by atoms with Crippen LogP contribution < -0.4 is 10.0 Å². The van der Waals surface area contributed by atoms with Crippen molar-refractivity contribution in [2.45, 2.75) is 51.1 Å². The number of hydrogen-bond acceptors (Lipinski definition) is 3. The number of sulfonamides is 1. The van der Waals surface area contributed by atoms with Crippen LogP contribution in [0.5, 0.6) is 0 Å². The third-order valence-electron chi connectivity index (χ3n) is 3.26. The molecule has 7 heteroatoms. The standard InChI is InChI=1S/C14H22Cl2N2O2S/c1-4-11(5-2)18-21(19,20)14-7-10(9-17-6-3)12(15)8-13(14)16/h7-8,11,17-18H,4-6,9H2,1-3H3. The number of rotatable bonds is 8. The van der Waals surface area contributed by atoms with Crippen LogP contribution in [0.3, 0.4) is 0 Å². The van der Waals surface area contributed by atoms with Crippen molar-refractivity contribution in [3.63, 3.8) is 0 Å². The molecule has 0 saturated heterocycles. The first-order valence-corrected chi connectivity index (χ1v) is 9.30. The van der Waals surface area contributed by atoms with E-state index in [0.717, 1.165) is 19.4 Å². The third-order valence-corrected chi connectivity index (χ3v) is 5.60. The zero-order valence-electron chi connectivity index (χ0n) is 12.5. The van der Waals surface area contributed by atoms with Crippen molar-refractivity contribution in [3.05, 3.63) is 27.7 Å². The van der Waals surface area contributed by atoms with E-state index in [0.29, 0.717) is 17.1 Å². The van der Waals surface area contributed by atoms with Gasteiger partial charge in [-0.2, -0.15) is 0 Å². The maximum absolute atomic E-state index is 12.5. The molecule has 0 amide bonds. The minimum absolute atomic E-state index is 0.0772. The lowest BCUT2D eigenvalue weighted by Gasteiger charge is -2.17. The molecule has 0 unspecified atom stereocenters. The molecule has 4 nitrogen and oxygen atoms in total. The zero-order chi connectivity index (χ0) is 16.0. The highest BCUT2D eigenvalue weighted by molar-refractivity contribution is 7.89. The predicted molar refractivity (Wildman–Crippen MR) is 88.5 cm³/mol. The molecule has 0 aliphatic carbocycles. The van der Waals surface area contributed by atoms with Crippen LogP contribution in [0.2, 0.25) is 10.0 Å². The van der Waals surface area contributed by atoms with Gasteiger partial charge in [-0.1, -0.05) is 44.0 Å². The van der Waals surface area contributed by atoms with Gasteiger partial charge in [-0.3, -0.25) is 0 Å². The molecular formula is C14H22Cl2N2O2S. The minimum atomic E-state index is -3.65. The fourth-order valence-electron chi connectivity index (χ4n) is 1.91. The lowest BCUT2D eigenvalue weighted by atomic mass is 10.2. The first-order valence-electron chi connectivity index (χ1n) is 7.06. The first kappa shape index (κ1) is 18.7. The van der Waals surface area contributed by atoms with E-state index in [1.165, 1.54) is 12.1 Å². The smallest absolute Gasteiger partial charge is 0.242 e. The zero-order valence-corrected chi connectivity index (χ0v) is 14.9. The fraction of sp³-hybridized carbons (Fsp3) is 0.571. The molecule has 120 valence electrons. The van der Waals surface area contributed by atoms with E-state index in [1.807, 2.05) is 20.8 Å². The molecule has 0 radical (unpaired) electrons. The molecule has 0 heterocycles. The van der Waals surface area contributed by atoms with E-state index in [1.54, 1.807) is 0 Å². The monoisotopic (exact) mass is 352 g/mol. The van der Waals surface area contributed by atoms with Crippen molar-refractivity contribution < 1.29 is 8.42 Å². The molecule has 1 aromatic rings. The summed E-state index contributed by atoms with van der Waals surface area (Å²) in [7, 11) is -3.65. The predicted octanol–water partition coefficient (Wildman–Crippen LogP) is 3.57. The van der Waals surface area contributed by atoms with E-state index in [-0.39, 0.29) is 16.0 Å². The molecule has 0 atom stereocenters. The highest BCUT2D eigenvalue weighted by atomic mass is 35.5. The van der Waals surface area contributed by atoms with Crippen molar-refractivity contribution in [2.24, 2.45) is 0 Å². The summed E-state index contributed by atoms with van der Waals surface area (Å²) in [5.41, 5.74) is 0.716. The molecule has 0 saturated carbocycles. The average Bonchev–Trinajstić information content (AvgIpc) is 2.43. The molecule has 0 bridgehead atoms. The number of halogens is 2. The molecule has 0 aromatic heterocycles. The molecule has 21 heavy (non-hydrogen) atoms. The summed E-state index contributed by atoms with van der Waals surface area (Å²) < 4.78 is 27.6. The fourth-order valence-corrected chi connectivity index (χ4v) is 4.18. The molecular weight excluding hydrogens is 331 g/mol. The number of hydrogen-bond donors (Lipinski definition) is 2. The van der Waals surface area contributed by atoms with Crippen LogP contribution in [0, 0.1) is 0 Å². The molecule has 0 aliphatic heterocycles. The second-order valence-electron chi connectivity index (χ2n) is 4.79. The highest BCUT2D eigenvalue weighted by Gasteiger charge is 2.22. The number of benzene rings is 1. The van der Waals surface area contributed by atoms with Gasteiger partial charge in [0.25, 0.3) is 0 Å². The van der Waals surface area contributed by atoms with Gasteiger partial charge in [0.15, 0.2) is 0 Å². The SMILES string of the molecule is CCNCc1cc(S(=O)(=O)NC(CC)CC)c(Cl)cc1Cl. The van der Waals surface area contributed by atoms with Gasteiger partial charge in [0.05, 0.1) is 5.02 Å². The van der Waals surface area contributed by atoms with Gasteiger partial charge in [0.2, 0.25) is 10.0 Å². The Kier molecular flexibility index (Phi) is 7.44. The average molecular weight is 353 g/mol. The maximum Gasteiger partial charge on any atom is 0.242 e. The quantitative estimate of drug-likeness (QED) is 0.751. The van der Waals surface area contributed by atoms with Crippen molar-refractivity contribution in [1.82, 2.24) is 10.0 Å². The molecule has 1 aromatic carbocycles. The summed E-state index contributed by atoms with van der Waals surface area (Å²) in [5.74, 6) is 0. The Labute approximate surface area is 137 Å². The summed E-state index contributed by atoms with van der Waals surface area (Å²) in [6, 6.07) is 2.92. The molecule has 1 rings (SSSR count). The van der Waals surface area contributed by atoms with Crippen molar-refractivity contribution in [3.8, 4) is 0 Å². The van der Waals surface area contributed by atoms with Gasteiger partial charge in [0, 0.05) is 17.6 Å². The van der Waals surface area contributed by atoms with E-state index in [9.17, 15) is 8.42 Å². The Bertz CT molecular complexity index is 573. The van der Waals surface area contributed by atoms with Crippen molar-refractivity contribution >= 4 is 33.2 Å². The molecule has 0 fully saturated rings. The summed E-state index contributed by atoms with van der Waals surface area (Å²) >= 11 is 12.2. The minimum Gasteiger partial charge on any atom is -0.313 e. The summed E-state index contributed by atoms with van der Waals surface area (Å²) in [4.78, 5) is 0.0772. The van der Waals surface area contributed by atoms with Crippen molar-refractivity contribution in [1.29, 1.82) is 0 Å². The van der Waals surface area contributed by atoms with Crippen LogP contribution >= 0.6 is 23.2 Å². The van der Waals surface area contributed by atoms with Gasteiger partial charge in [-0.25, -0.2) is 13.1 Å². The van der Waals surface area contributed by atoms with Crippen LogP contribution in [0.25, 0.3) is 0 Å². The van der Waals surface area contributed by atoms with E-state index in [2.05, 4.69) is 10.0 Å². The van der Waals surface area contributed by atoms with Crippen LogP contribution in [-0.4, -0.2) is 21.0 Å². The topological polar surface area (TPSA) is 58.2 Å². The highest BCUT2D eigenvalue weighted by Crippen LogP contribution is 2.29. The number of nitrogens with one attached hydrogen (secondary N) is 2. The largest absolute Gasteiger partial charge is 0.313 e. The second kappa shape index (κ2) is 8.34. The lowest BCUT2D eigenvalue weighted by molar-refractivity contribution is 0.530. The Morgan fingerprint density at radius 2 is 1.71 bits per heavy atom. The summed E-state index contributed by atoms with van der Waals surface area (Å²) in [6.07, 6.45) is 1.45. The normalized spacial score (nSPS) is 12.1. The van der Waals surface area contributed by atoms with E-state index in [4.69, 9.17) is 23.2 Å². The Morgan fingerprint density at radius 1 is 1.10 bits per heavy atom. The van der Waals surface area contributed by atoms with Gasteiger partial charge >= 0.3 is 0 Å². The van der Waals surface area contributed by atoms with Crippen LogP contribution in [0.1, 0.15) is 39.2 Å². The Morgan fingerprint density at radius 3 is 2.24 bits per heavy atom. The van der Waals surface area contributed by atoms with Crippen LogP contribution in [0.15, 0.2) is 17.0 Å². The van der Waals surface area contributed by atoms with E-state index >= 15 is 0 Å². The van der Waals surface area contributed by atoms with Crippen LogP contribution in [0.4, 0.5) is 0 Å². The third kappa shape index (κ3) is 5.11. The summed E-state index contributed by atoms with van der Waals surface area (Å²) in [5, 5.41) is 3.72. The van der Waals surface area contributed by atoms with Gasteiger partial charge in [0.1, 0.15) is 4.90 Å². The second-order valence-corrected chi connectivity index (χ2v) is 7.29. The van der Waals surface area contributed by atoms with Gasteiger partial charge in [-0.15, -0.1) is 0 Å². The Hall–Kier alpha value is -0.330. The maximum atomic E-state index is 12.5. The van der Waals surface area contributed by atoms with Gasteiger partial charge in [-0.05, 0) is 37.1 Å². The van der Waals surface area contributed by atoms with Crippen molar-refractivity contribution in [2.75, 3.05) is 6.54 Å².